The highest BCUT2D eigenvalue weighted by molar-refractivity contribution is 5.80. The number of carboxylic acids is 1. The van der Waals surface area contributed by atoms with Crippen LogP contribution in [-0.4, -0.2) is 28.3 Å². The Balaban J connectivity index is 2.60. The molecule has 0 spiro atoms. The van der Waals surface area contributed by atoms with Gasteiger partial charge in [0.1, 0.15) is 5.60 Å². The molecule has 0 atom stereocenters. The summed E-state index contributed by atoms with van der Waals surface area (Å²) >= 11 is 0. The molecule has 1 N–H and O–H groups in total. The van der Waals surface area contributed by atoms with Crippen molar-refractivity contribution < 1.29 is 23.8 Å². The van der Waals surface area contributed by atoms with Gasteiger partial charge in [-0.15, -0.1) is 0 Å². The number of aliphatic carboxylic acids is 1. The van der Waals surface area contributed by atoms with Crippen molar-refractivity contribution in [2.45, 2.75) is 57.7 Å². The Bertz CT molecular complexity index is 311. The number of hydrogen-bond acceptors (Lipinski definition) is 3. The van der Waals surface area contributed by atoms with Crippen LogP contribution in [0.5, 0.6) is 0 Å². The highest BCUT2D eigenvalue weighted by Crippen LogP contribution is 2.37. The van der Waals surface area contributed by atoms with Gasteiger partial charge in [-0.25, -0.2) is 9.18 Å². The smallest absolute Gasteiger partial charge is 0.344 e. The second-order valence-electron chi connectivity index (χ2n) is 5.58. The van der Waals surface area contributed by atoms with Crippen LogP contribution in [0.15, 0.2) is 0 Å². The molecule has 1 aliphatic carbocycles. The Hall–Kier alpha value is -1.13. The molecule has 1 aliphatic rings. The van der Waals surface area contributed by atoms with E-state index in [-0.39, 0.29) is 25.7 Å². The van der Waals surface area contributed by atoms with E-state index in [0.717, 1.165) is 0 Å². The fraction of sp³-hybridized carbons (Fsp3) is 0.833. The van der Waals surface area contributed by atoms with Crippen molar-refractivity contribution in [2.24, 2.45) is 5.92 Å². The summed E-state index contributed by atoms with van der Waals surface area (Å²) in [7, 11) is 0. The molecule has 98 valence electrons. The first-order valence-corrected chi connectivity index (χ1v) is 5.79. The molecule has 0 heterocycles. The third kappa shape index (κ3) is 3.68. The number of esters is 1. The maximum absolute atomic E-state index is 14.3. The highest BCUT2D eigenvalue weighted by atomic mass is 19.1. The monoisotopic (exact) mass is 246 g/mol. The molecular formula is C12H19FO4. The summed E-state index contributed by atoms with van der Waals surface area (Å²) < 4.78 is 19.3. The lowest BCUT2D eigenvalue weighted by Crippen LogP contribution is -2.43. The van der Waals surface area contributed by atoms with Crippen LogP contribution < -0.4 is 0 Å². The molecule has 4 nitrogen and oxygen atoms in total. The lowest BCUT2D eigenvalue weighted by molar-refractivity contribution is -0.173. The molecular weight excluding hydrogens is 227 g/mol. The zero-order valence-corrected chi connectivity index (χ0v) is 10.5. The zero-order valence-electron chi connectivity index (χ0n) is 10.5. The van der Waals surface area contributed by atoms with E-state index < -0.39 is 29.1 Å². The molecule has 0 aliphatic heterocycles. The molecule has 0 bridgehead atoms. The second kappa shape index (κ2) is 4.63. The molecule has 0 saturated heterocycles. The predicted octanol–water partition coefficient (Wildman–Crippen LogP) is 2.31. The normalized spacial score (nSPS) is 29.8. The zero-order chi connectivity index (χ0) is 13.3. The molecule has 5 heteroatoms. The molecule has 17 heavy (non-hydrogen) atoms. The van der Waals surface area contributed by atoms with Gasteiger partial charge in [0.25, 0.3) is 0 Å². The Morgan fingerprint density at radius 2 is 1.76 bits per heavy atom. The highest BCUT2D eigenvalue weighted by Gasteiger charge is 2.46. The van der Waals surface area contributed by atoms with Gasteiger partial charge >= 0.3 is 11.9 Å². The van der Waals surface area contributed by atoms with Crippen molar-refractivity contribution in [3.05, 3.63) is 0 Å². The standard InChI is InChI=1S/C12H19FO4/c1-11(2,3)17-10(16)12(13)6-4-8(5-7-12)9(14)15/h8H,4-7H2,1-3H3,(H,14,15). The SMILES string of the molecule is CC(C)(C)OC(=O)C1(F)CCC(C(=O)O)CC1. The first-order chi connectivity index (χ1) is 7.64. The first kappa shape index (κ1) is 13.9. The summed E-state index contributed by atoms with van der Waals surface area (Å²) in [5.74, 6) is -2.33. The molecule has 1 rings (SSSR count). The van der Waals surface area contributed by atoms with E-state index >= 15 is 0 Å². The van der Waals surface area contributed by atoms with Gasteiger partial charge < -0.3 is 9.84 Å². The minimum atomic E-state index is -2.01. The number of carboxylic acid groups (broad SMARTS) is 1. The summed E-state index contributed by atoms with van der Waals surface area (Å²) in [6.45, 7) is 5.03. The average Bonchev–Trinajstić information content (AvgIpc) is 2.15. The van der Waals surface area contributed by atoms with Crippen molar-refractivity contribution in [3.63, 3.8) is 0 Å². The van der Waals surface area contributed by atoms with E-state index in [2.05, 4.69) is 0 Å². The summed E-state index contributed by atoms with van der Waals surface area (Å²) in [6.07, 6.45) is 0.230. The minimum Gasteiger partial charge on any atom is -0.481 e. The minimum absolute atomic E-state index is 0.0706. The van der Waals surface area contributed by atoms with Crippen molar-refractivity contribution in [2.75, 3.05) is 0 Å². The van der Waals surface area contributed by atoms with Crippen molar-refractivity contribution in [3.8, 4) is 0 Å². The Labute approximate surface area is 100 Å². The van der Waals surface area contributed by atoms with Gasteiger partial charge in [0.15, 0.2) is 0 Å². The maximum atomic E-state index is 14.3. The molecule has 0 aromatic heterocycles. The lowest BCUT2D eigenvalue weighted by atomic mass is 9.80. The van der Waals surface area contributed by atoms with E-state index in [0.29, 0.717) is 0 Å². The maximum Gasteiger partial charge on any atom is 0.344 e. The topological polar surface area (TPSA) is 63.6 Å². The van der Waals surface area contributed by atoms with Crippen LogP contribution in [-0.2, 0) is 14.3 Å². The molecule has 0 amide bonds. The number of halogens is 1. The molecule has 0 aromatic rings. The van der Waals surface area contributed by atoms with Crippen LogP contribution in [0.1, 0.15) is 46.5 Å². The summed E-state index contributed by atoms with van der Waals surface area (Å²) in [5, 5.41) is 8.79. The largest absolute Gasteiger partial charge is 0.481 e. The van der Waals surface area contributed by atoms with Gasteiger partial charge in [-0.05, 0) is 46.5 Å². The Morgan fingerprint density at radius 3 is 2.12 bits per heavy atom. The van der Waals surface area contributed by atoms with Gasteiger partial charge in [0.05, 0.1) is 5.92 Å². The quantitative estimate of drug-likeness (QED) is 0.759. The van der Waals surface area contributed by atoms with Crippen molar-refractivity contribution in [1.82, 2.24) is 0 Å². The molecule has 1 fully saturated rings. The number of alkyl halides is 1. The number of ether oxygens (including phenoxy) is 1. The van der Waals surface area contributed by atoms with Crippen LogP contribution >= 0.6 is 0 Å². The summed E-state index contributed by atoms with van der Waals surface area (Å²) in [5.41, 5.74) is -2.74. The van der Waals surface area contributed by atoms with Crippen molar-refractivity contribution >= 4 is 11.9 Å². The number of carbonyl (C=O) groups is 2. The van der Waals surface area contributed by atoms with Crippen LogP contribution in [0.2, 0.25) is 0 Å². The lowest BCUT2D eigenvalue weighted by Gasteiger charge is -2.32. The number of hydrogen-bond donors (Lipinski definition) is 1. The van der Waals surface area contributed by atoms with Gasteiger partial charge in [0, 0.05) is 0 Å². The fourth-order valence-electron chi connectivity index (χ4n) is 1.90. The van der Waals surface area contributed by atoms with Crippen LogP contribution in [0.25, 0.3) is 0 Å². The number of rotatable bonds is 2. The third-order valence-electron chi connectivity index (χ3n) is 2.89. The van der Waals surface area contributed by atoms with Gasteiger partial charge in [-0.3, -0.25) is 4.79 Å². The molecule has 1 saturated carbocycles. The summed E-state index contributed by atoms with van der Waals surface area (Å²) in [4.78, 5) is 22.4. The van der Waals surface area contributed by atoms with E-state index in [4.69, 9.17) is 9.84 Å². The van der Waals surface area contributed by atoms with Crippen LogP contribution in [0.3, 0.4) is 0 Å². The predicted molar refractivity (Wildman–Crippen MR) is 59.3 cm³/mol. The van der Waals surface area contributed by atoms with E-state index in [1.165, 1.54) is 0 Å². The van der Waals surface area contributed by atoms with E-state index in [1.54, 1.807) is 20.8 Å². The van der Waals surface area contributed by atoms with Gasteiger partial charge in [0.2, 0.25) is 5.67 Å². The average molecular weight is 246 g/mol. The number of carbonyl (C=O) groups excluding carboxylic acids is 1. The van der Waals surface area contributed by atoms with Gasteiger partial charge in [-0.1, -0.05) is 0 Å². The van der Waals surface area contributed by atoms with E-state index in [9.17, 15) is 14.0 Å². The molecule has 0 aromatic carbocycles. The Kier molecular flexibility index (Phi) is 3.79. The first-order valence-electron chi connectivity index (χ1n) is 5.79. The van der Waals surface area contributed by atoms with Gasteiger partial charge in [-0.2, -0.15) is 0 Å². The summed E-state index contributed by atoms with van der Waals surface area (Å²) in [6, 6.07) is 0. The van der Waals surface area contributed by atoms with Crippen LogP contribution in [0, 0.1) is 5.92 Å². The second-order valence-corrected chi connectivity index (χ2v) is 5.58. The van der Waals surface area contributed by atoms with Crippen molar-refractivity contribution in [1.29, 1.82) is 0 Å². The molecule has 0 radical (unpaired) electrons. The molecule has 0 unspecified atom stereocenters. The third-order valence-corrected chi connectivity index (χ3v) is 2.89. The Morgan fingerprint density at radius 1 is 1.29 bits per heavy atom. The van der Waals surface area contributed by atoms with Crippen LogP contribution in [0.4, 0.5) is 4.39 Å². The fourth-order valence-corrected chi connectivity index (χ4v) is 1.90. The van der Waals surface area contributed by atoms with E-state index in [1.807, 2.05) is 0 Å².